The maximum Gasteiger partial charge on any atom is 0.239 e. The Labute approximate surface area is 122 Å². The van der Waals surface area contributed by atoms with Crippen molar-refractivity contribution in [3.8, 4) is 23.8 Å². The molecule has 0 heterocycles. The van der Waals surface area contributed by atoms with Gasteiger partial charge in [-0.05, 0) is 42.5 Å². The zero-order valence-electron chi connectivity index (χ0n) is 10.6. The average Bonchev–Trinajstić information content (AvgIpc) is 2.49. The molecular formula is C16H12ClNO2. The van der Waals surface area contributed by atoms with Gasteiger partial charge in [0.2, 0.25) is 5.91 Å². The van der Waals surface area contributed by atoms with Crippen molar-refractivity contribution in [3.05, 3.63) is 54.1 Å². The highest BCUT2D eigenvalue weighted by Crippen LogP contribution is 2.23. The zero-order valence-corrected chi connectivity index (χ0v) is 11.4. The van der Waals surface area contributed by atoms with E-state index in [0.717, 1.165) is 5.56 Å². The van der Waals surface area contributed by atoms with Crippen LogP contribution in [-0.2, 0) is 4.79 Å². The van der Waals surface area contributed by atoms with E-state index >= 15 is 0 Å². The molecule has 0 unspecified atom stereocenters. The van der Waals surface area contributed by atoms with Gasteiger partial charge in [-0.3, -0.25) is 4.79 Å². The van der Waals surface area contributed by atoms with Crippen molar-refractivity contribution in [2.75, 3.05) is 11.2 Å². The predicted octanol–water partition coefficient (Wildman–Crippen LogP) is 3.64. The number of nitrogens with one attached hydrogen (secondary N) is 1. The number of hydrogen-bond acceptors (Lipinski definition) is 2. The molecule has 0 radical (unpaired) electrons. The quantitative estimate of drug-likeness (QED) is 0.688. The van der Waals surface area contributed by atoms with E-state index in [4.69, 9.17) is 22.8 Å². The highest BCUT2D eigenvalue weighted by atomic mass is 35.5. The summed E-state index contributed by atoms with van der Waals surface area (Å²) in [7, 11) is 0. The maximum absolute atomic E-state index is 11.1. The lowest BCUT2D eigenvalue weighted by atomic mass is 10.2. The fourth-order valence-corrected chi connectivity index (χ4v) is 1.65. The fourth-order valence-electron chi connectivity index (χ4n) is 1.59. The monoisotopic (exact) mass is 285 g/mol. The highest BCUT2D eigenvalue weighted by Gasteiger charge is 2.01. The van der Waals surface area contributed by atoms with Crippen LogP contribution in [-0.4, -0.2) is 11.8 Å². The number of halogens is 1. The van der Waals surface area contributed by atoms with Gasteiger partial charge in [0.15, 0.2) is 0 Å². The Morgan fingerprint density at radius 3 is 2.60 bits per heavy atom. The van der Waals surface area contributed by atoms with Crippen LogP contribution < -0.4 is 10.1 Å². The molecule has 0 aliphatic carbocycles. The molecule has 0 saturated heterocycles. The second kappa shape index (κ2) is 6.65. The minimum Gasteiger partial charge on any atom is -0.457 e. The molecule has 0 aromatic heterocycles. The predicted molar refractivity (Wildman–Crippen MR) is 80.2 cm³/mol. The highest BCUT2D eigenvalue weighted by molar-refractivity contribution is 6.29. The Bertz CT molecular complexity index is 644. The van der Waals surface area contributed by atoms with Gasteiger partial charge in [0.25, 0.3) is 0 Å². The molecule has 4 heteroatoms. The van der Waals surface area contributed by atoms with Crippen molar-refractivity contribution in [2.45, 2.75) is 0 Å². The Balaban J connectivity index is 2.07. The lowest BCUT2D eigenvalue weighted by Gasteiger charge is -2.07. The zero-order chi connectivity index (χ0) is 14.4. The van der Waals surface area contributed by atoms with E-state index in [9.17, 15) is 4.79 Å². The fraction of sp³-hybridized carbons (Fsp3) is 0.0625. The first-order valence-electron chi connectivity index (χ1n) is 5.91. The van der Waals surface area contributed by atoms with Gasteiger partial charge in [0.1, 0.15) is 17.4 Å². The second-order valence-corrected chi connectivity index (χ2v) is 4.25. The topological polar surface area (TPSA) is 38.3 Å². The van der Waals surface area contributed by atoms with Gasteiger partial charge in [-0.15, -0.1) is 18.0 Å². The Hall–Kier alpha value is -2.44. The summed E-state index contributed by atoms with van der Waals surface area (Å²) in [6.07, 6.45) is 5.33. The van der Waals surface area contributed by atoms with E-state index in [1.54, 1.807) is 30.3 Å². The van der Waals surface area contributed by atoms with Gasteiger partial charge < -0.3 is 10.1 Å². The number of carbonyl (C=O) groups excluding carboxylic acids is 1. The largest absolute Gasteiger partial charge is 0.457 e. The van der Waals surface area contributed by atoms with Crippen LogP contribution in [0.1, 0.15) is 5.56 Å². The van der Waals surface area contributed by atoms with Crippen LogP contribution in [0.2, 0.25) is 0 Å². The van der Waals surface area contributed by atoms with E-state index < -0.39 is 0 Å². The molecule has 0 fully saturated rings. The molecule has 1 amide bonds. The van der Waals surface area contributed by atoms with Crippen LogP contribution in [0.15, 0.2) is 48.5 Å². The third-order valence-corrected chi connectivity index (χ3v) is 2.74. The van der Waals surface area contributed by atoms with Gasteiger partial charge in [0.05, 0.1) is 0 Å². The summed E-state index contributed by atoms with van der Waals surface area (Å²) in [6.45, 7) is 0. The van der Waals surface area contributed by atoms with Crippen molar-refractivity contribution in [2.24, 2.45) is 0 Å². The normalized spacial score (nSPS) is 9.60. The van der Waals surface area contributed by atoms with E-state index in [-0.39, 0.29) is 11.8 Å². The van der Waals surface area contributed by atoms with E-state index in [1.807, 2.05) is 18.2 Å². The lowest BCUT2D eigenvalue weighted by molar-refractivity contribution is -0.113. The summed E-state index contributed by atoms with van der Waals surface area (Å²) < 4.78 is 5.67. The standard InChI is InChI=1S/C16H12ClNO2/c1-2-12-4-3-5-15(10-12)20-14-8-6-13(7-9-14)18-16(19)11-17/h1,3-10H,11H2,(H,18,19). The molecule has 3 nitrogen and oxygen atoms in total. The molecule has 0 spiro atoms. The molecule has 2 rings (SSSR count). The molecule has 0 aliphatic rings. The van der Waals surface area contributed by atoms with Crippen molar-refractivity contribution >= 4 is 23.2 Å². The van der Waals surface area contributed by atoms with Gasteiger partial charge in [0, 0.05) is 11.3 Å². The van der Waals surface area contributed by atoms with Crippen LogP contribution in [0.5, 0.6) is 11.5 Å². The number of terminal acetylenes is 1. The molecule has 2 aromatic carbocycles. The third kappa shape index (κ3) is 3.78. The molecular weight excluding hydrogens is 274 g/mol. The third-order valence-electron chi connectivity index (χ3n) is 2.50. The summed E-state index contributed by atoms with van der Waals surface area (Å²) in [5, 5.41) is 2.65. The van der Waals surface area contributed by atoms with Crippen LogP contribution in [0.3, 0.4) is 0 Å². The molecule has 20 heavy (non-hydrogen) atoms. The molecule has 1 N–H and O–H groups in total. The van der Waals surface area contributed by atoms with Crippen molar-refractivity contribution < 1.29 is 9.53 Å². The number of anilines is 1. The minimum atomic E-state index is -0.248. The number of alkyl halides is 1. The first kappa shape index (κ1) is 14.0. The molecule has 0 bridgehead atoms. The van der Waals surface area contributed by atoms with Crippen LogP contribution in [0, 0.1) is 12.3 Å². The Morgan fingerprint density at radius 1 is 1.20 bits per heavy atom. The summed E-state index contributed by atoms with van der Waals surface area (Å²) in [6, 6.07) is 14.3. The first-order valence-corrected chi connectivity index (χ1v) is 6.45. The number of hydrogen-bond donors (Lipinski definition) is 1. The molecule has 2 aromatic rings. The first-order chi connectivity index (χ1) is 9.71. The average molecular weight is 286 g/mol. The Kier molecular flexibility index (Phi) is 4.65. The number of benzene rings is 2. The summed E-state index contributed by atoms with van der Waals surface area (Å²) in [4.78, 5) is 11.1. The maximum atomic E-state index is 11.1. The van der Waals surface area contributed by atoms with Gasteiger partial charge >= 0.3 is 0 Å². The van der Waals surface area contributed by atoms with E-state index in [1.165, 1.54) is 0 Å². The molecule has 0 aliphatic heterocycles. The number of ether oxygens (including phenoxy) is 1. The van der Waals surface area contributed by atoms with Crippen LogP contribution >= 0.6 is 11.6 Å². The molecule has 0 saturated carbocycles. The van der Waals surface area contributed by atoms with Crippen molar-refractivity contribution in [1.29, 1.82) is 0 Å². The van der Waals surface area contributed by atoms with Gasteiger partial charge in [-0.1, -0.05) is 12.0 Å². The number of carbonyl (C=O) groups is 1. The Morgan fingerprint density at radius 2 is 1.95 bits per heavy atom. The van der Waals surface area contributed by atoms with Gasteiger partial charge in [-0.2, -0.15) is 0 Å². The summed E-state index contributed by atoms with van der Waals surface area (Å²) in [5.74, 6) is 3.55. The summed E-state index contributed by atoms with van der Waals surface area (Å²) >= 11 is 5.42. The molecule has 0 atom stereocenters. The van der Waals surface area contributed by atoms with E-state index in [0.29, 0.717) is 17.2 Å². The summed E-state index contributed by atoms with van der Waals surface area (Å²) in [5.41, 5.74) is 1.42. The molecule has 100 valence electrons. The van der Waals surface area contributed by atoms with Gasteiger partial charge in [-0.25, -0.2) is 0 Å². The smallest absolute Gasteiger partial charge is 0.239 e. The van der Waals surface area contributed by atoms with Crippen molar-refractivity contribution in [1.82, 2.24) is 0 Å². The van der Waals surface area contributed by atoms with E-state index in [2.05, 4.69) is 11.2 Å². The number of amides is 1. The van der Waals surface area contributed by atoms with Crippen LogP contribution in [0.25, 0.3) is 0 Å². The second-order valence-electron chi connectivity index (χ2n) is 3.98. The van der Waals surface area contributed by atoms with Crippen LogP contribution in [0.4, 0.5) is 5.69 Å². The minimum absolute atomic E-state index is 0.0723. The number of rotatable bonds is 4. The lowest BCUT2D eigenvalue weighted by Crippen LogP contribution is -2.12. The van der Waals surface area contributed by atoms with Crippen molar-refractivity contribution in [3.63, 3.8) is 0 Å². The SMILES string of the molecule is C#Cc1cccc(Oc2ccc(NC(=O)CCl)cc2)c1.